The molecule has 3 rings (SSSR count). The molecule has 1 saturated carbocycles. The molecule has 1 N–H and O–H groups in total. The molecule has 7 heteroatoms. The highest BCUT2D eigenvalue weighted by atomic mass is 16.5. The highest BCUT2D eigenvalue weighted by Gasteiger charge is 2.42. The quantitative estimate of drug-likeness (QED) is 0.817. The van der Waals surface area contributed by atoms with E-state index in [0.717, 1.165) is 25.7 Å². The predicted molar refractivity (Wildman–Crippen MR) is 96.6 cm³/mol. The lowest BCUT2D eigenvalue weighted by Gasteiger charge is -2.39. The van der Waals surface area contributed by atoms with Gasteiger partial charge in [-0.05, 0) is 24.8 Å². The van der Waals surface area contributed by atoms with Crippen molar-refractivity contribution >= 4 is 0 Å². The topological polar surface area (TPSA) is 78.6 Å². The van der Waals surface area contributed by atoms with E-state index in [9.17, 15) is 5.11 Å². The number of ether oxygens (including phenoxy) is 3. The Hall–Kier alpha value is -2.28. The van der Waals surface area contributed by atoms with E-state index in [0.29, 0.717) is 29.4 Å². The molecule has 0 bridgehead atoms. The zero-order valence-electron chi connectivity index (χ0n) is 15.6. The molecule has 142 valence electrons. The van der Waals surface area contributed by atoms with Crippen LogP contribution in [0, 0.1) is 5.92 Å². The third kappa shape index (κ3) is 3.49. The normalized spacial score (nSPS) is 17.5. The lowest BCUT2D eigenvalue weighted by Crippen LogP contribution is -2.41. The first-order valence-corrected chi connectivity index (χ1v) is 8.97. The summed E-state index contributed by atoms with van der Waals surface area (Å²) in [5.74, 6) is 1.82. The molecule has 1 aromatic carbocycles. The molecule has 1 aliphatic carbocycles. The first kappa shape index (κ1) is 18.5. The largest absolute Gasteiger partial charge is 0.496 e. The van der Waals surface area contributed by atoms with Crippen LogP contribution in [0.3, 0.4) is 0 Å². The van der Waals surface area contributed by atoms with Crippen LogP contribution in [0.2, 0.25) is 0 Å². The van der Waals surface area contributed by atoms with Gasteiger partial charge in [-0.3, -0.25) is 0 Å². The van der Waals surface area contributed by atoms with Gasteiger partial charge in [0.05, 0.1) is 27.9 Å². The molecule has 1 heterocycles. The van der Waals surface area contributed by atoms with E-state index in [-0.39, 0.29) is 5.92 Å². The Balaban J connectivity index is 2.11. The number of aliphatic hydroxyl groups is 1. The highest BCUT2D eigenvalue weighted by molar-refractivity contribution is 5.53. The monoisotopic (exact) mass is 361 g/mol. The van der Waals surface area contributed by atoms with Crippen LogP contribution in [0.25, 0.3) is 0 Å². The molecule has 1 aromatic heterocycles. The summed E-state index contributed by atoms with van der Waals surface area (Å²) >= 11 is 0. The third-order valence-corrected chi connectivity index (χ3v) is 5.32. The van der Waals surface area contributed by atoms with E-state index in [1.807, 2.05) is 6.07 Å². The molecule has 1 fully saturated rings. The molecule has 26 heavy (non-hydrogen) atoms. The fraction of sp³-hybridized carbons (Fsp3) is 0.579. The van der Waals surface area contributed by atoms with Crippen molar-refractivity contribution in [3.05, 3.63) is 30.4 Å². The fourth-order valence-corrected chi connectivity index (χ4v) is 3.94. The Morgan fingerprint density at radius 2 is 1.69 bits per heavy atom. The standard InChI is InChI=1S/C19H27N3O4/c1-24-16-10-18(26-3)17(25-2)9-15(16)19(23,11-22-13-20-12-21-22)14-7-5-4-6-8-14/h9-10,12-14,23H,4-8,11H2,1-3H3. The van der Waals surface area contributed by atoms with Gasteiger partial charge in [0.1, 0.15) is 24.0 Å². The van der Waals surface area contributed by atoms with Crippen molar-refractivity contribution in [2.45, 2.75) is 44.2 Å². The summed E-state index contributed by atoms with van der Waals surface area (Å²) < 4.78 is 18.1. The van der Waals surface area contributed by atoms with E-state index in [4.69, 9.17) is 14.2 Å². The summed E-state index contributed by atoms with van der Waals surface area (Å²) in [5, 5.41) is 16.1. The average Bonchev–Trinajstić information content (AvgIpc) is 3.20. The zero-order valence-corrected chi connectivity index (χ0v) is 15.6. The van der Waals surface area contributed by atoms with Crippen LogP contribution < -0.4 is 14.2 Å². The van der Waals surface area contributed by atoms with E-state index in [2.05, 4.69) is 10.1 Å². The van der Waals surface area contributed by atoms with Gasteiger partial charge in [-0.1, -0.05) is 19.3 Å². The Morgan fingerprint density at radius 3 is 2.27 bits per heavy atom. The van der Waals surface area contributed by atoms with Crippen LogP contribution in [-0.2, 0) is 12.1 Å². The zero-order chi connectivity index (χ0) is 18.6. The van der Waals surface area contributed by atoms with Crippen molar-refractivity contribution in [1.82, 2.24) is 14.8 Å². The minimum Gasteiger partial charge on any atom is -0.496 e. The van der Waals surface area contributed by atoms with Gasteiger partial charge in [0.2, 0.25) is 0 Å². The summed E-state index contributed by atoms with van der Waals surface area (Å²) in [5.41, 5.74) is -0.445. The molecule has 0 amide bonds. The second-order valence-corrected chi connectivity index (χ2v) is 6.76. The molecular formula is C19H27N3O4. The van der Waals surface area contributed by atoms with Gasteiger partial charge in [0.15, 0.2) is 11.5 Å². The predicted octanol–water partition coefficient (Wildman–Crippen LogP) is 2.77. The van der Waals surface area contributed by atoms with Crippen molar-refractivity contribution in [2.75, 3.05) is 21.3 Å². The Bertz CT molecular complexity index is 714. The van der Waals surface area contributed by atoms with Crippen LogP contribution in [0.1, 0.15) is 37.7 Å². The minimum absolute atomic E-state index is 0.104. The maximum absolute atomic E-state index is 11.9. The summed E-state index contributed by atoms with van der Waals surface area (Å²) in [6.07, 6.45) is 8.46. The van der Waals surface area contributed by atoms with E-state index in [1.165, 1.54) is 12.7 Å². The van der Waals surface area contributed by atoms with Gasteiger partial charge in [0, 0.05) is 11.6 Å². The van der Waals surface area contributed by atoms with Gasteiger partial charge in [-0.2, -0.15) is 5.10 Å². The lowest BCUT2D eigenvalue weighted by molar-refractivity contribution is -0.0573. The van der Waals surface area contributed by atoms with Gasteiger partial charge < -0.3 is 19.3 Å². The Labute approximate surface area is 153 Å². The molecule has 1 unspecified atom stereocenters. The second kappa shape index (κ2) is 7.95. The van der Waals surface area contributed by atoms with Crippen molar-refractivity contribution in [2.24, 2.45) is 5.92 Å². The van der Waals surface area contributed by atoms with E-state index >= 15 is 0 Å². The summed E-state index contributed by atoms with van der Waals surface area (Å²) in [6.45, 7) is 0.309. The maximum atomic E-state index is 11.9. The van der Waals surface area contributed by atoms with Gasteiger partial charge in [0.25, 0.3) is 0 Å². The number of methoxy groups -OCH3 is 3. The molecule has 0 aliphatic heterocycles. The second-order valence-electron chi connectivity index (χ2n) is 6.76. The first-order chi connectivity index (χ1) is 12.6. The van der Waals surface area contributed by atoms with Gasteiger partial charge in [-0.25, -0.2) is 9.67 Å². The van der Waals surface area contributed by atoms with E-state index < -0.39 is 5.60 Å². The molecular weight excluding hydrogens is 334 g/mol. The lowest BCUT2D eigenvalue weighted by atomic mass is 9.73. The van der Waals surface area contributed by atoms with Crippen LogP contribution in [0.15, 0.2) is 24.8 Å². The van der Waals surface area contributed by atoms with Crippen LogP contribution in [0.5, 0.6) is 17.2 Å². The fourth-order valence-electron chi connectivity index (χ4n) is 3.94. The van der Waals surface area contributed by atoms with Gasteiger partial charge in [-0.15, -0.1) is 0 Å². The Morgan fingerprint density at radius 1 is 1.04 bits per heavy atom. The van der Waals surface area contributed by atoms with Crippen LogP contribution >= 0.6 is 0 Å². The number of rotatable bonds is 7. The number of nitrogens with zero attached hydrogens (tertiary/aromatic N) is 3. The summed E-state index contributed by atoms with van der Waals surface area (Å²) in [7, 11) is 4.77. The Kier molecular flexibility index (Phi) is 5.66. The summed E-state index contributed by atoms with van der Waals surface area (Å²) in [4.78, 5) is 4.01. The number of hydrogen-bond donors (Lipinski definition) is 1. The molecule has 0 radical (unpaired) electrons. The van der Waals surface area contributed by atoms with Crippen molar-refractivity contribution in [3.63, 3.8) is 0 Å². The highest BCUT2D eigenvalue weighted by Crippen LogP contribution is 2.47. The number of aromatic nitrogens is 3. The maximum Gasteiger partial charge on any atom is 0.164 e. The molecule has 0 spiro atoms. The van der Waals surface area contributed by atoms with Gasteiger partial charge >= 0.3 is 0 Å². The molecule has 1 atom stereocenters. The number of hydrogen-bond acceptors (Lipinski definition) is 6. The molecule has 2 aromatic rings. The summed E-state index contributed by atoms with van der Waals surface area (Å²) in [6, 6.07) is 3.59. The van der Waals surface area contributed by atoms with Crippen LogP contribution in [-0.4, -0.2) is 41.2 Å². The van der Waals surface area contributed by atoms with Crippen molar-refractivity contribution in [3.8, 4) is 17.2 Å². The molecule has 7 nitrogen and oxygen atoms in total. The van der Waals surface area contributed by atoms with E-state index in [1.54, 1.807) is 38.4 Å². The average molecular weight is 361 g/mol. The minimum atomic E-state index is -1.14. The van der Waals surface area contributed by atoms with Crippen LogP contribution in [0.4, 0.5) is 0 Å². The molecule has 0 saturated heterocycles. The SMILES string of the molecule is COc1cc(OC)c(C(O)(Cn2cncn2)C2CCCCC2)cc1OC. The third-order valence-electron chi connectivity index (χ3n) is 5.32. The van der Waals surface area contributed by atoms with Crippen molar-refractivity contribution < 1.29 is 19.3 Å². The number of benzene rings is 1. The first-order valence-electron chi connectivity index (χ1n) is 8.97. The smallest absolute Gasteiger partial charge is 0.164 e. The molecule has 1 aliphatic rings. The van der Waals surface area contributed by atoms with Crippen molar-refractivity contribution in [1.29, 1.82) is 0 Å².